The predicted octanol–water partition coefficient (Wildman–Crippen LogP) is 4.81. The number of aromatic hydroxyl groups is 1. The van der Waals surface area contributed by atoms with Gasteiger partial charge in [-0.25, -0.2) is 4.98 Å². The zero-order valence-corrected chi connectivity index (χ0v) is 19.5. The molecule has 0 spiro atoms. The van der Waals surface area contributed by atoms with Gasteiger partial charge in [0.05, 0.1) is 28.9 Å². The molecule has 5 rings (SSSR count). The summed E-state index contributed by atoms with van der Waals surface area (Å²) in [5.41, 5.74) is 7.49. The molecule has 1 aromatic heterocycles. The quantitative estimate of drug-likeness (QED) is 0.482. The minimum atomic E-state index is 0.350. The van der Waals surface area contributed by atoms with Crippen molar-refractivity contribution in [3.05, 3.63) is 83.0 Å². The van der Waals surface area contributed by atoms with Crippen LogP contribution < -0.4 is 4.90 Å². The average Bonchev–Trinajstić information content (AvgIpc) is 2.87. The number of nitriles is 1. The Morgan fingerprint density at radius 3 is 2.41 bits per heavy atom. The van der Waals surface area contributed by atoms with Gasteiger partial charge in [-0.2, -0.15) is 5.26 Å². The van der Waals surface area contributed by atoms with E-state index >= 15 is 0 Å². The molecule has 0 bridgehead atoms. The highest BCUT2D eigenvalue weighted by Crippen LogP contribution is 2.30. The molecule has 0 aliphatic carbocycles. The highest BCUT2D eigenvalue weighted by atomic mass is 16.3. The van der Waals surface area contributed by atoms with Crippen LogP contribution in [-0.2, 0) is 6.54 Å². The molecule has 3 aromatic carbocycles. The highest BCUT2D eigenvalue weighted by molar-refractivity contribution is 5.82. The Morgan fingerprint density at radius 2 is 1.68 bits per heavy atom. The van der Waals surface area contributed by atoms with Crippen molar-refractivity contribution in [2.24, 2.45) is 0 Å². The van der Waals surface area contributed by atoms with Crippen molar-refractivity contribution < 1.29 is 5.11 Å². The SMILES string of the molecule is Cc1cc(-c2ccc3ncc(N4CCN(Cc5cccc(C#N)c5)CC4)nc3c2)cc(C)c1O. The number of rotatable bonds is 4. The Morgan fingerprint density at radius 1 is 0.912 bits per heavy atom. The third-order valence-corrected chi connectivity index (χ3v) is 6.51. The summed E-state index contributed by atoms with van der Waals surface area (Å²) in [6.45, 7) is 8.32. The van der Waals surface area contributed by atoms with Crippen molar-refractivity contribution in [1.29, 1.82) is 5.26 Å². The normalized spacial score (nSPS) is 14.3. The van der Waals surface area contributed by atoms with E-state index in [0.29, 0.717) is 11.3 Å². The Bertz CT molecular complexity index is 1380. The molecule has 170 valence electrons. The highest BCUT2D eigenvalue weighted by Gasteiger charge is 2.19. The lowest BCUT2D eigenvalue weighted by molar-refractivity contribution is 0.249. The molecule has 0 unspecified atom stereocenters. The van der Waals surface area contributed by atoms with Crippen molar-refractivity contribution >= 4 is 16.9 Å². The number of phenolic OH excluding ortho intramolecular Hbond substituents is 1. The molecule has 6 heteroatoms. The lowest BCUT2D eigenvalue weighted by Gasteiger charge is -2.35. The zero-order valence-electron chi connectivity index (χ0n) is 19.5. The topological polar surface area (TPSA) is 76.3 Å². The van der Waals surface area contributed by atoms with Crippen LogP contribution in [0.25, 0.3) is 22.2 Å². The van der Waals surface area contributed by atoms with Gasteiger partial charge < -0.3 is 10.0 Å². The number of anilines is 1. The molecule has 4 aromatic rings. The van der Waals surface area contributed by atoms with Gasteiger partial charge in [-0.3, -0.25) is 9.88 Å². The lowest BCUT2D eigenvalue weighted by atomic mass is 9.99. The number of hydrogen-bond donors (Lipinski definition) is 1. The Balaban J connectivity index is 1.32. The van der Waals surface area contributed by atoms with Gasteiger partial charge in [0, 0.05) is 32.7 Å². The summed E-state index contributed by atoms with van der Waals surface area (Å²) in [4.78, 5) is 14.3. The van der Waals surface area contributed by atoms with E-state index in [2.05, 4.69) is 39.1 Å². The van der Waals surface area contributed by atoms with Crippen LogP contribution in [0.15, 0.2) is 60.8 Å². The summed E-state index contributed by atoms with van der Waals surface area (Å²) in [7, 11) is 0. The molecular weight excluding hydrogens is 422 g/mol. The summed E-state index contributed by atoms with van der Waals surface area (Å²) in [5, 5.41) is 19.2. The van der Waals surface area contributed by atoms with Gasteiger partial charge in [0.15, 0.2) is 0 Å². The number of benzene rings is 3. The fraction of sp³-hybridized carbons (Fsp3) is 0.250. The van der Waals surface area contributed by atoms with E-state index in [-0.39, 0.29) is 0 Å². The number of nitrogens with zero attached hydrogens (tertiary/aromatic N) is 5. The van der Waals surface area contributed by atoms with E-state index in [0.717, 1.165) is 71.8 Å². The minimum absolute atomic E-state index is 0.350. The molecule has 1 fully saturated rings. The number of aromatic nitrogens is 2. The number of phenols is 1. The minimum Gasteiger partial charge on any atom is -0.507 e. The van der Waals surface area contributed by atoms with Crippen LogP contribution in [-0.4, -0.2) is 46.2 Å². The maximum atomic E-state index is 10.1. The molecule has 34 heavy (non-hydrogen) atoms. The molecule has 0 radical (unpaired) electrons. The second kappa shape index (κ2) is 9.12. The van der Waals surface area contributed by atoms with Gasteiger partial charge in [-0.15, -0.1) is 0 Å². The average molecular weight is 450 g/mol. The predicted molar refractivity (Wildman–Crippen MR) is 135 cm³/mol. The monoisotopic (exact) mass is 449 g/mol. The number of hydrogen-bond acceptors (Lipinski definition) is 6. The Hall–Kier alpha value is -3.95. The fourth-order valence-electron chi connectivity index (χ4n) is 4.59. The van der Waals surface area contributed by atoms with Crippen LogP contribution in [0, 0.1) is 25.2 Å². The van der Waals surface area contributed by atoms with E-state index in [4.69, 9.17) is 10.2 Å². The molecule has 2 heterocycles. The first-order valence-corrected chi connectivity index (χ1v) is 11.5. The summed E-state index contributed by atoms with van der Waals surface area (Å²) in [6, 6.07) is 20.2. The first kappa shape index (κ1) is 21.9. The zero-order chi connectivity index (χ0) is 23.7. The second-order valence-corrected chi connectivity index (χ2v) is 8.97. The standard InChI is InChI=1S/C28H27N5O/c1-19-12-24(13-20(2)28(19)34)23-6-7-25-26(15-23)31-27(17-30-25)33-10-8-32(9-11-33)18-22-5-3-4-21(14-22)16-29/h3-7,12-15,17,34H,8-11,18H2,1-2H3. The van der Waals surface area contributed by atoms with E-state index in [9.17, 15) is 5.11 Å². The molecule has 6 nitrogen and oxygen atoms in total. The molecule has 0 saturated carbocycles. The van der Waals surface area contributed by atoms with Crippen molar-refractivity contribution in [3.63, 3.8) is 0 Å². The van der Waals surface area contributed by atoms with Crippen molar-refractivity contribution in [1.82, 2.24) is 14.9 Å². The van der Waals surface area contributed by atoms with E-state index in [1.54, 1.807) is 0 Å². The van der Waals surface area contributed by atoms with Crippen molar-refractivity contribution in [2.75, 3.05) is 31.1 Å². The second-order valence-electron chi connectivity index (χ2n) is 8.97. The van der Waals surface area contributed by atoms with E-state index < -0.39 is 0 Å². The third-order valence-electron chi connectivity index (χ3n) is 6.51. The van der Waals surface area contributed by atoms with Crippen LogP contribution in [0.3, 0.4) is 0 Å². The summed E-state index contributed by atoms with van der Waals surface area (Å²) in [5.74, 6) is 1.25. The fourth-order valence-corrected chi connectivity index (χ4v) is 4.59. The molecule has 0 atom stereocenters. The Labute approximate surface area is 199 Å². The molecule has 1 aliphatic heterocycles. The summed E-state index contributed by atoms with van der Waals surface area (Å²) in [6.07, 6.45) is 1.86. The molecule has 1 aliphatic rings. The van der Waals surface area contributed by atoms with Gasteiger partial charge in [-0.1, -0.05) is 18.2 Å². The van der Waals surface area contributed by atoms with Crippen molar-refractivity contribution in [2.45, 2.75) is 20.4 Å². The summed E-state index contributed by atoms with van der Waals surface area (Å²) >= 11 is 0. The molecule has 1 saturated heterocycles. The van der Waals surface area contributed by atoms with Crippen LogP contribution in [0.4, 0.5) is 5.82 Å². The lowest BCUT2D eigenvalue weighted by Crippen LogP contribution is -2.46. The molecule has 1 N–H and O–H groups in total. The Kier molecular flexibility index (Phi) is 5.87. The molecule has 0 amide bonds. The van der Waals surface area contributed by atoms with E-state index in [1.165, 1.54) is 5.56 Å². The van der Waals surface area contributed by atoms with Gasteiger partial charge in [-0.05, 0) is 78.1 Å². The molecular formula is C28H27N5O. The van der Waals surface area contributed by atoms with Crippen molar-refractivity contribution in [3.8, 4) is 22.9 Å². The third kappa shape index (κ3) is 4.43. The van der Waals surface area contributed by atoms with Crippen LogP contribution in [0.2, 0.25) is 0 Å². The number of fused-ring (bicyclic) bond motifs is 1. The first-order chi connectivity index (χ1) is 16.5. The van der Waals surface area contributed by atoms with Gasteiger partial charge >= 0.3 is 0 Å². The van der Waals surface area contributed by atoms with E-state index in [1.807, 2.05) is 56.4 Å². The largest absolute Gasteiger partial charge is 0.507 e. The van der Waals surface area contributed by atoms with Crippen LogP contribution >= 0.6 is 0 Å². The maximum Gasteiger partial charge on any atom is 0.147 e. The van der Waals surface area contributed by atoms with Crippen LogP contribution in [0.1, 0.15) is 22.3 Å². The number of aryl methyl sites for hydroxylation is 2. The van der Waals surface area contributed by atoms with Gasteiger partial charge in [0.1, 0.15) is 11.6 Å². The number of piperazine rings is 1. The smallest absolute Gasteiger partial charge is 0.147 e. The van der Waals surface area contributed by atoms with Gasteiger partial charge in [0.2, 0.25) is 0 Å². The van der Waals surface area contributed by atoms with Crippen LogP contribution in [0.5, 0.6) is 5.75 Å². The van der Waals surface area contributed by atoms with Gasteiger partial charge in [0.25, 0.3) is 0 Å². The first-order valence-electron chi connectivity index (χ1n) is 11.5. The maximum absolute atomic E-state index is 10.1. The summed E-state index contributed by atoms with van der Waals surface area (Å²) < 4.78 is 0.